The Kier molecular flexibility index (Phi) is 3.91. The highest BCUT2D eigenvalue weighted by atomic mass is 15.3. The predicted molar refractivity (Wildman–Crippen MR) is 88.5 cm³/mol. The summed E-state index contributed by atoms with van der Waals surface area (Å²) in [6.07, 6.45) is 3.16. The molecule has 0 aliphatic heterocycles. The first kappa shape index (κ1) is 13.7. The summed E-state index contributed by atoms with van der Waals surface area (Å²) in [4.78, 5) is 0. The molecule has 0 spiro atoms. The van der Waals surface area contributed by atoms with Gasteiger partial charge in [0, 0.05) is 17.9 Å². The summed E-state index contributed by atoms with van der Waals surface area (Å²) >= 11 is 0. The van der Waals surface area contributed by atoms with Crippen LogP contribution in [0.5, 0.6) is 0 Å². The summed E-state index contributed by atoms with van der Waals surface area (Å²) in [5.74, 6) is 0. The summed E-state index contributed by atoms with van der Waals surface area (Å²) in [6, 6.07) is 17.4. The van der Waals surface area contributed by atoms with Gasteiger partial charge in [0.25, 0.3) is 0 Å². The third-order valence-electron chi connectivity index (χ3n) is 3.93. The van der Waals surface area contributed by atoms with E-state index in [1.165, 1.54) is 10.8 Å². The molecule has 1 atom stereocenters. The minimum atomic E-state index is 0.458. The Morgan fingerprint density at radius 2 is 1.90 bits per heavy atom. The molecule has 0 aliphatic carbocycles. The molecule has 0 bridgehead atoms. The van der Waals surface area contributed by atoms with Gasteiger partial charge in [0.2, 0.25) is 0 Å². The normalized spacial score (nSPS) is 12.5. The van der Waals surface area contributed by atoms with Crippen LogP contribution in [-0.4, -0.2) is 9.78 Å². The van der Waals surface area contributed by atoms with Crippen LogP contribution in [0, 0.1) is 0 Å². The van der Waals surface area contributed by atoms with Gasteiger partial charge in [-0.25, -0.2) is 0 Å². The summed E-state index contributed by atoms with van der Waals surface area (Å²) in [7, 11) is 0. The molecule has 0 saturated heterocycles. The Morgan fingerprint density at radius 3 is 2.71 bits per heavy atom. The van der Waals surface area contributed by atoms with Gasteiger partial charge >= 0.3 is 0 Å². The molecule has 108 valence electrons. The fourth-order valence-electron chi connectivity index (χ4n) is 2.40. The molecule has 0 fully saturated rings. The minimum absolute atomic E-state index is 0.458. The van der Waals surface area contributed by atoms with Gasteiger partial charge in [0.15, 0.2) is 0 Å². The van der Waals surface area contributed by atoms with Gasteiger partial charge in [-0.3, -0.25) is 4.68 Å². The van der Waals surface area contributed by atoms with Crippen LogP contribution in [0.25, 0.3) is 10.8 Å². The lowest BCUT2D eigenvalue weighted by Gasteiger charge is -2.09. The van der Waals surface area contributed by atoms with Crippen molar-refractivity contribution in [1.29, 1.82) is 0 Å². The zero-order chi connectivity index (χ0) is 14.7. The second-order valence-corrected chi connectivity index (χ2v) is 5.46. The molecule has 3 heteroatoms. The Labute approximate surface area is 125 Å². The quantitative estimate of drug-likeness (QED) is 0.738. The van der Waals surface area contributed by atoms with Gasteiger partial charge in [-0.1, -0.05) is 37.3 Å². The molecule has 1 aromatic heterocycles. The Bertz CT molecular complexity index is 730. The maximum absolute atomic E-state index is 4.61. The van der Waals surface area contributed by atoms with E-state index in [-0.39, 0.29) is 0 Å². The lowest BCUT2D eigenvalue weighted by molar-refractivity contribution is 0.474. The molecule has 0 saturated carbocycles. The van der Waals surface area contributed by atoms with Crippen LogP contribution >= 0.6 is 0 Å². The second-order valence-electron chi connectivity index (χ2n) is 5.46. The number of nitrogens with one attached hydrogen (secondary N) is 1. The minimum Gasteiger partial charge on any atom is -0.379 e. The molecule has 0 aliphatic rings. The van der Waals surface area contributed by atoms with Gasteiger partial charge in [-0.2, -0.15) is 5.10 Å². The molecule has 3 aromatic rings. The number of hydrogen-bond acceptors (Lipinski definition) is 2. The van der Waals surface area contributed by atoms with E-state index in [1.54, 1.807) is 0 Å². The van der Waals surface area contributed by atoms with Gasteiger partial charge in [-0.15, -0.1) is 0 Å². The molecular weight excluding hydrogens is 258 g/mol. The maximum atomic E-state index is 4.61. The van der Waals surface area contributed by atoms with Crippen LogP contribution in [-0.2, 0) is 6.54 Å². The van der Waals surface area contributed by atoms with Crippen LogP contribution in [0.2, 0.25) is 0 Å². The average Bonchev–Trinajstić information content (AvgIpc) is 3.01. The van der Waals surface area contributed by atoms with Crippen LogP contribution in [0.4, 0.5) is 5.69 Å². The molecule has 0 radical (unpaired) electrons. The molecule has 3 rings (SSSR count). The first-order valence-corrected chi connectivity index (χ1v) is 7.53. The number of aromatic nitrogens is 2. The van der Waals surface area contributed by atoms with Crippen molar-refractivity contribution >= 4 is 16.5 Å². The fourth-order valence-corrected chi connectivity index (χ4v) is 2.40. The van der Waals surface area contributed by atoms with Crippen molar-refractivity contribution in [2.45, 2.75) is 32.9 Å². The third kappa shape index (κ3) is 3.07. The van der Waals surface area contributed by atoms with E-state index in [9.17, 15) is 0 Å². The van der Waals surface area contributed by atoms with Crippen molar-refractivity contribution in [2.24, 2.45) is 0 Å². The number of benzene rings is 2. The zero-order valence-corrected chi connectivity index (χ0v) is 12.6. The fraction of sp³-hybridized carbons (Fsp3) is 0.278. The van der Waals surface area contributed by atoms with E-state index in [0.717, 1.165) is 24.3 Å². The standard InChI is InChI=1S/C18H21N3/c1-3-14(2)21-11-10-18(20-21)13-19-17-9-8-15-6-4-5-7-16(15)12-17/h4-12,14,19H,3,13H2,1-2H3. The topological polar surface area (TPSA) is 29.9 Å². The highest BCUT2D eigenvalue weighted by molar-refractivity contribution is 5.85. The van der Waals surface area contributed by atoms with Crippen molar-refractivity contribution in [1.82, 2.24) is 9.78 Å². The van der Waals surface area contributed by atoms with E-state index in [2.05, 4.69) is 79.0 Å². The molecule has 2 aromatic carbocycles. The monoisotopic (exact) mass is 279 g/mol. The average molecular weight is 279 g/mol. The van der Waals surface area contributed by atoms with Crippen molar-refractivity contribution in [3.8, 4) is 0 Å². The number of rotatable bonds is 5. The van der Waals surface area contributed by atoms with E-state index in [0.29, 0.717) is 6.04 Å². The molecule has 0 amide bonds. The van der Waals surface area contributed by atoms with Crippen molar-refractivity contribution < 1.29 is 0 Å². The molecule has 1 unspecified atom stereocenters. The summed E-state index contributed by atoms with van der Waals surface area (Å²) in [5.41, 5.74) is 2.20. The van der Waals surface area contributed by atoms with E-state index in [4.69, 9.17) is 0 Å². The Hall–Kier alpha value is -2.29. The van der Waals surface area contributed by atoms with Gasteiger partial charge in [-0.05, 0) is 42.3 Å². The third-order valence-corrected chi connectivity index (χ3v) is 3.93. The Morgan fingerprint density at radius 1 is 1.10 bits per heavy atom. The maximum Gasteiger partial charge on any atom is 0.0815 e. The lowest BCUT2D eigenvalue weighted by atomic mass is 10.1. The van der Waals surface area contributed by atoms with Crippen LogP contribution in [0.1, 0.15) is 32.0 Å². The Balaban J connectivity index is 1.69. The first-order chi connectivity index (χ1) is 10.3. The number of anilines is 1. The SMILES string of the molecule is CCC(C)n1ccc(CNc2ccc3ccccc3c2)n1. The van der Waals surface area contributed by atoms with Gasteiger partial charge < -0.3 is 5.32 Å². The van der Waals surface area contributed by atoms with E-state index < -0.39 is 0 Å². The first-order valence-electron chi connectivity index (χ1n) is 7.53. The molecule has 21 heavy (non-hydrogen) atoms. The number of fused-ring (bicyclic) bond motifs is 1. The van der Waals surface area contributed by atoms with Crippen molar-refractivity contribution in [2.75, 3.05) is 5.32 Å². The number of hydrogen-bond donors (Lipinski definition) is 1. The zero-order valence-electron chi connectivity index (χ0n) is 12.6. The molecule has 1 heterocycles. The van der Waals surface area contributed by atoms with Crippen molar-refractivity contribution in [3.63, 3.8) is 0 Å². The summed E-state index contributed by atoms with van der Waals surface area (Å²) < 4.78 is 2.04. The van der Waals surface area contributed by atoms with E-state index in [1.807, 2.05) is 4.68 Å². The van der Waals surface area contributed by atoms with Crippen LogP contribution in [0.3, 0.4) is 0 Å². The number of nitrogens with zero attached hydrogens (tertiary/aromatic N) is 2. The van der Waals surface area contributed by atoms with Crippen LogP contribution < -0.4 is 5.32 Å². The smallest absolute Gasteiger partial charge is 0.0815 e. The highest BCUT2D eigenvalue weighted by Gasteiger charge is 2.04. The summed E-state index contributed by atoms with van der Waals surface area (Å²) in [6.45, 7) is 5.12. The predicted octanol–water partition coefficient (Wildman–Crippen LogP) is 4.62. The second kappa shape index (κ2) is 6.00. The molecular formula is C18H21N3. The summed E-state index contributed by atoms with van der Waals surface area (Å²) in [5, 5.41) is 10.6. The molecule has 3 nitrogen and oxygen atoms in total. The van der Waals surface area contributed by atoms with Gasteiger partial charge in [0.05, 0.1) is 12.2 Å². The van der Waals surface area contributed by atoms with Crippen LogP contribution in [0.15, 0.2) is 54.7 Å². The van der Waals surface area contributed by atoms with Gasteiger partial charge in [0.1, 0.15) is 0 Å². The van der Waals surface area contributed by atoms with Crippen molar-refractivity contribution in [3.05, 3.63) is 60.4 Å². The lowest BCUT2D eigenvalue weighted by Crippen LogP contribution is -2.06. The molecule has 1 N–H and O–H groups in total. The van der Waals surface area contributed by atoms with E-state index >= 15 is 0 Å². The largest absolute Gasteiger partial charge is 0.379 e. The highest BCUT2D eigenvalue weighted by Crippen LogP contribution is 2.19.